The molecule has 0 aromatic carbocycles. The van der Waals surface area contributed by atoms with Crippen LogP contribution in [0.4, 0.5) is 0 Å². The van der Waals surface area contributed by atoms with Crippen molar-refractivity contribution >= 4 is 5.91 Å². The van der Waals surface area contributed by atoms with Crippen LogP contribution < -0.4 is 0 Å². The number of carbonyl (C=O) groups is 1. The Morgan fingerprint density at radius 1 is 1.08 bits per heavy atom. The summed E-state index contributed by atoms with van der Waals surface area (Å²) in [5.41, 5.74) is 0. The van der Waals surface area contributed by atoms with E-state index in [4.69, 9.17) is 4.74 Å². The lowest BCUT2D eigenvalue weighted by Crippen LogP contribution is -2.46. The summed E-state index contributed by atoms with van der Waals surface area (Å²) in [6.45, 7) is 12.5. The fourth-order valence-electron chi connectivity index (χ4n) is 3.16. The van der Waals surface area contributed by atoms with Crippen LogP contribution in [0.15, 0.2) is 0 Å². The minimum absolute atomic E-state index is 0.241. The molecule has 0 aromatic heterocycles. The van der Waals surface area contributed by atoms with Gasteiger partial charge in [0, 0.05) is 24.9 Å². The van der Waals surface area contributed by atoms with Crippen molar-refractivity contribution in [2.75, 3.05) is 39.8 Å². The van der Waals surface area contributed by atoms with Crippen molar-refractivity contribution in [3.05, 3.63) is 0 Å². The standard InChI is InChI=1S/C18H30N2O2.C2H6/c1-15(2)5-4-14-22-17-8-12-20(13-9-17)18(21)16-6-10-19(3)11-7-16;1-2/h15-17H,6-14H2,1-3H3;1-2H3. The van der Waals surface area contributed by atoms with Crippen molar-refractivity contribution in [2.45, 2.75) is 59.5 Å². The van der Waals surface area contributed by atoms with Crippen molar-refractivity contribution in [3.8, 4) is 11.8 Å². The highest BCUT2D eigenvalue weighted by atomic mass is 16.5. The molecule has 0 unspecified atom stereocenters. The molecule has 0 atom stereocenters. The predicted octanol–water partition coefficient (Wildman–Crippen LogP) is 3.02. The van der Waals surface area contributed by atoms with Gasteiger partial charge in [-0.25, -0.2) is 0 Å². The van der Waals surface area contributed by atoms with Crippen LogP contribution >= 0.6 is 0 Å². The quantitative estimate of drug-likeness (QED) is 0.743. The largest absolute Gasteiger partial charge is 0.365 e. The lowest BCUT2D eigenvalue weighted by Gasteiger charge is -2.36. The van der Waals surface area contributed by atoms with E-state index in [1.807, 2.05) is 13.8 Å². The number of likely N-dealkylation sites (tertiary alicyclic amines) is 2. The molecule has 24 heavy (non-hydrogen) atoms. The number of ether oxygens (including phenoxy) is 1. The third-order valence-corrected chi connectivity index (χ3v) is 4.60. The molecular formula is C20H36N2O2. The first-order chi connectivity index (χ1) is 11.6. The molecular weight excluding hydrogens is 300 g/mol. The van der Waals surface area contributed by atoms with Crippen LogP contribution in [0.2, 0.25) is 0 Å². The highest BCUT2D eigenvalue weighted by Crippen LogP contribution is 2.22. The third kappa shape index (κ3) is 7.23. The van der Waals surface area contributed by atoms with Crippen LogP contribution in [0.25, 0.3) is 0 Å². The molecule has 2 aliphatic rings. The molecule has 2 rings (SSSR count). The summed E-state index contributed by atoms with van der Waals surface area (Å²) in [6.07, 6.45) is 4.18. The number of carbonyl (C=O) groups excluding carboxylic acids is 1. The molecule has 0 bridgehead atoms. The molecule has 0 radical (unpaired) electrons. The number of amides is 1. The molecule has 2 heterocycles. The lowest BCUT2D eigenvalue weighted by atomic mass is 9.94. The molecule has 138 valence electrons. The van der Waals surface area contributed by atoms with Crippen LogP contribution in [0, 0.1) is 23.7 Å². The van der Waals surface area contributed by atoms with Crippen LogP contribution in [0.3, 0.4) is 0 Å². The van der Waals surface area contributed by atoms with Gasteiger partial charge >= 0.3 is 0 Å². The van der Waals surface area contributed by atoms with Gasteiger partial charge in [-0.2, -0.15) is 0 Å². The maximum Gasteiger partial charge on any atom is 0.225 e. The monoisotopic (exact) mass is 336 g/mol. The summed E-state index contributed by atoms with van der Waals surface area (Å²) in [5, 5.41) is 0. The Morgan fingerprint density at radius 2 is 1.67 bits per heavy atom. The minimum atomic E-state index is 0.241. The summed E-state index contributed by atoms with van der Waals surface area (Å²) < 4.78 is 5.80. The average Bonchev–Trinajstić information content (AvgIpc) is 2.61. The van der Waals surface area contributed by atoms with Crippen molar-refractivity contribution in [2.24, 2.45) is 11.8 Å². The van der Waals surface area contributed by atoms with E-state index in [1.165, 1.54) is 0 Å². The molecule has 0 spiro atoms. The summed E-state index contributed by atoms with van der Waals surface area (Å²) >= 11 is 0. The Kier molecular flexibility index (Phi) is 10.1. The van der Waals surface area contributed by atoms with Gasteiger partial charge in [-0.3, -0.25) is 4.79 Å². The second-order valence-electron chi connectivity index (χ2n) is 6.89. The molecule has 4 nitrogen and oxygen atoms in total. The molecule has 2 fully saturated rings. The van der Waals surface area contributed by atoms with E-state index in [0.29, 0.717) is 18.4 Å². The maximum absolute atomic E-state index is 12.5. The zero-order valence-electron chi connectivity index (χ0n) is 16.3. The van der Waals surface area contributed by atoms with Crippen LogP contribution in [0.5, 0.6) is 0 Å². The molecule has 2 saturated heterocycles. The van der Waals surface area contributed by atoms with Gasteiger partial charge in [-0.15, -0.1) is 0 Å². The number of hydrogen-bond donors (Lipinski definition) is 0. The first-order valence-electron chi connectivity index (χ1n) is 9.63. The van der Waals surface area contributed by atoms with E-state index in [1.54, 1.807) is 0 Å². The van der Waals surface area contributed by atoms with Crippen molar-refractivity contribution in [3.63, 3.8) is 0 Å². The number of hydrogen-bond acceptors (Lipinski definition) is 3. The zero-order chi connectivity index (χ0) is 17.9. The molecule has 0 N–H and O–H groups in total. The Hall–Kier alpha value is -1.05. The summed E-state index contributed by atoms with van der Waals surface area (Å²) in [5.74, 6) is 7.19. The van der Waals surface area contributed by atoms with Gasteiger partial charge in [0.15, 0.2) is 0 Å². The van der Waals surface area contributed by atoms with Crippen molar-refractivity contribution in [1.82, 2.24) is 9.80 Å². The van der Waals surface area contributed by atoms with E-state index in [9.17, 15) is 4.79 Å². The second kappa shape index (κ2) is 11.5. The summed E-state index contributed by atoms with van der Waals surface area (Å²) in [7, 11) is 2.13. The normalized spacial score (nSPS) is 20.2. The van der Waals surface area contributed by atoms with Crippen LogP contribution in [-0.4, -0.2) is 61.6 Å². The van der Waals surface area contributed by atoms with Gasteiger partial charge in [0.2, 0.25) is 5.91 Å². The van der Waals surface area contributed by atoms with Gasteiger partial charge in [-0.05, 0) is 45.8 Å². The van der Waals surface area contributed by atoms with Gasteiger partial charge in [-0.1, -0.05) is 39.5 Å². The van der Waals surface area contributed by atoms with E-state index in [-0.39, 0.29) is 12.0 Å². The molecule has 1 amide bonds. The highest BCUT2D eigenvalue weighted by Gasteiger charge is 2.30. The topological polar surface area (TPSA) is 32.8 Å². The van der Waals surface area contributed by atoms with E-state index >= 15 is 0 Å². The molecule has 0 aliphatic carbocycles. The SMILES string of the molecule is CC.CC(C)C#CCOC1CCN(C(=O)C2CCN(C)CC2)CC1. The lowest BCUT2D eigenvalue weighted by molar-refractivity contribution is -0.139. The number of nitrogens with zero attached hydrogens (tertiary/aromatic N) is 2. The van der Waals surface area contributed by atoms with Gasteiger partial charge < -0.3 is 14.5 Å². The Bertz CT molecular complexity index is 409. The molecule has 4 heteroatoms. The van der Waals surface area contributed by atoms with Crippen LogP contribution in [0.1, 0.15) is 53.4 Å². The zero-order valence-corrected chi connectivity index (χ0v) is 16.3. The fourth-order valence-corrected chi connectivity index (χ4v) is 3.16. The molecule has 2 aliphatic heterocycles. The second-order valence-corrected chi connectivity index (χ2v) is 6.89. The molecule has 0 saturated carbocycles. The first kappa shape index (κ1) is 21.0. The Balaban J connectivity index is 0.00000139. The van der Waals surface area contributed by atoms with E-state index in [2.05, 4.69) is 42.5 Å². The predicted molar refractivity (Wildman–Crippen MR) is 99.7 cm³/mol. The first-order valence-corrected chi connectivity index (χ1v) is 9.63. The highest BCUT2D eigenvalue weighted by molar-refractivity contribution is 5.79. The van der Waals surface area contributed by atoms with Gasteiger partial charge in [0.05, 0.1) is 6.10 Å². The van der Waals surface area contributed by atoms with Crippen molar-refractivity contribution in [1.29, 1.82) is 0 Å². The minimum Gasteiger partial charge on any atom is -0.365 e. The maximum atomic E-state index is 12.5. The Labute approximate surface area is 148 Å². The van der Waals surface area contributed by atoms with Gasteiger partial charge in [0.25, 0.3) is 0 Å². The molecule has 0 aromatic rings. The van der Waals surface area contributed by atoms with Crippen molar-refractivity contribution < 1.29 is 9.53 Å². The average molecular weight is 337 g/mol. The van der Waals surface area contributed by atoms with E-state index < -0.39 is 0 Å². The smallest absolute Gasteiger partial charge is 0.225 e. The summed E-state index contributed by atoms with van der Waals surface area (Å²) in [6, 6.07) is 0. The fraction of sp³-hybridized carbons (Fsp3) is 0.850. The third-order valence-electron chi connectivity index (χ3n) is 4.60. The van der Waals surface area contributed by atoms with Gasteiger partial charge in [0.1, 0.15) is 6.61 Å². The van der Waals surface area contributed by atoms with E-state index in [0.717, 1.165) is 51.9 Å². The number of piperidine rings is 2. The van der Waals surface area contributed by atoms with Crippen LogP contribution in [-0.2, 0) is 9.53 Å². The summed E-state index contributed by atoms with van der Waals surface area (Å²) in [4.78, 5) is 16.9. The number of rotatable bonds is 3. The Morgan fingerprint density at radius 3 is 2.21 bits per heavy atom.